The third kappa shape index (κ3) is 55.0. The first-order chi connectivity index (χ1) is 42.5. The summed E-state index contributed by atoms with van der Waals surface area (Å²) in [7, 11) is 0. The molecule has 0 aromatic rings. The van der Waals surface area contributed by atoms with Gasteiger partial charge in [-0.3, -0.25) is 4.79 Å². The SMILES string of the molecule is CCCCCCCCCCCCCCCCCCCCCCCCC(C(=O)OCC(O)CO)C(O)CCCCCCCCCCCC1CC1CCCCCCCCCCCCCCC1CC1CCCCCCCCCCCCCCCCCCCC. The number of unbranched alkanes of at least 4 members (excludes halogenated alkanes) is 57. The molecule has 2 aliphatic rings. The van der Waals surface area contributed by atoms with Crippen LogP contribution in [0.15, 0.2) is 0 Å². The molecule has 0 bridgehead atoms. The predicted octanol–water partition coefficient (Wildman–Crippen LogP) is 26.3. The number of rotatable bonds is 74. The number of hydrogen-bond donors (Lipinski definition) is 3. The first-order valence-electron chi connectivity index (χ1n) is 40.6. The van der Waals surface area contributed by atoms with E-state index in [-0.39, 0.29) is 6.61 Å². The number of aliphatic hydroxyl groups is 3. The highest BCUT2D eigenvalue weighted by molar-refractivity contribution is 5.73. The van der Waals surface area contributed by atoms with Gasteiger partial charge >= 0.3 is 5.97 Å². The van der Waals surface area contributed by atoms with Crippen LogP contribution in [0, 0.1) is 29.6 Å². The first-order valence-corrected chi connectivity index (χ1v) is 40.6. The zero-order valence-corrected chi connectivity index (χ0v) is 58.9. The lowest BCUT2D eigenvalue weighted by Crippen LogP contribution is -2.32. The van der Waals surface area contributed by atoms with Crippen molar-refractivity contribution in [2.24, 2.45) is 29.6 Å². The molecular weight excluding hydrogens is 1050 g/mol. The van der Waals surface area contributed by atoms with Crippen LogP contribution in [-0.4, -0.2) is 46.7 Å². The number of ether oxygens (including phenoxy) is 1. The van der Waals surface area contributed by atoms with Crippen molar-refractivity contribution in [3.05, 3.63) is 0 Å². The lowest BCUT2D eigenvalue weighted by atomic mass is 9.91. The molecule has 2 aliphatic carbocycles. The van der Waals surface area contributed by atoms with Crippen molar-refractivity contribution in [2.45, 2.75) is 469 Å². The maximum absolute atomic E-state index is 13.0. The number of carbonyl (C=O) groups excluding carboxylic acids is 1. The van der Waals surface area contributed by atoms with Crippen molar-refractivity contribution in [2.75, 3.05) is 13.2 Å². The minimum absolute atomic E-state index is 0.209. The molecule has 0 saturated heterocycles. The molecule has 0 radical (unpaired) electrons. The summed E-state index contributed by atoms with van der Waals surface area (Å²) in [6.07, 6.45) is 94.2. The van der Waals surface area contributed by atoms with Crippen molar-refractivity contribution in [1.29, 1.82) is 0 Å². The minimum Gasteiger partial charge on any atom is -0.463 e. The molecule has 512 valence electrons. The molecule has 86 heavy (non-hydrogen) atoms. The van der Waals surface area contributed by atoms with Crippen LogP contribution in [0.25, 0.3) is 0 Å². The largest absolute Gasteiger partial charge is 0.463 e. The molecule has 5 heteroatoms. The summed E-state index contributed by atoms with van der Waals surface area (Å²) in [5, 5.41) is 30.1. The van der Waals surface area contributed by atoms with Crippen LogP contribution in [0.3, 0.4) is 0 Å². The van der Waals surface area contributed by atoms with Gasteiger partial charge in [-0.2, -0.15) is 0 Å². The van der Waals surface area contributed by atoms with E-state index >= 15 is 0 Å². The van der Waals surface area contributed by atoms with Gasteiger partial charge < -0.3 is 20.1 Å². The Balaban J connectivity index is 1.27. The zero-order valence-electron chi connectivity index (χ0n) is 58.9. The van der Waals surface area contributed by atoms with Crippen molar-refractivity contribution >= 4 is 5.97 Å². The fraction of sp³-hybridized carbons (Fsp3) is 0.988. The van der Waals surface area contributed by atoms with Crippen LogP contribution >= 0.6 is 0 Å². The topological polar surface area (TPSA) is 87.0 Å². The molecule has 0 aromatic carbocycles. The first kappa shape index (κ1) is 81.4. The number of carbonyl (C=O) groups is 1. The third-order valence-electron chi connectivity index (χ3n) is 21.3. The average Bonchev–Trinajstić information content (AvgIpc) is 3.30. The second-order valence-corrected chi connectivity index (χ2v) is 29.7. The predicted molar refractivity (Wildman–Crippen MR) is 377 cm³/mol. The summed E-state index contributed by atoms with van der Waals surface area (Å²) in [6.45, 7) is 3.97. The van der Waals surface area contributed by atoms with Gasteiger partial charge in [0, 0.05) is 0 Å². The fourth-order valence-electron chi connectivity index (χ4n) is 14.9. The zero-order chi connectivity index (χ0) is 61.5. The van der Waals surface area contributed by atoms with E-state index < -0.39 is 30.7 Å². The second-order valence-electron chi connectivity index (χ2n) is 29.7. The molecule has 5 nitrogen and oxygen atoms in total. The van der Waals surface area contributed by atoms with E-state index in [1.807, 2.05) is 0 Å². The Morgan fingerprint density at radius 1 is 0.302 bits per heavy atom. The molecule has 0 spiro atoms. The van der Waals surface area contributed by atoms with E-state index in [2.05, 4.69) is 13.8 Å². The lowest BCUT2D eigenvalue weighted by molar-refractivity contribution is -0.156. The highest BCUT2D eigenvalue weighted by Gasteiger charge is 2.36. The highest BCUT2D eigenvalue weighted by atomic mass is 16.5. The summed E-state index contributed by atoms with van der Waals surface area (Å²) in [5.74, 6) is 3.36. The van der Waals surface area contributed by atoms with Gasteiger partial charge in [-0.15, -0.1) is 0 Å². The summed E-state index contributed by atoms with van der Waals surface area (Å²) in [5.41, 5.74) is 0. The van der Waals surface area contributed by atoms with Crippen LogP contribution in [0.2, 0.25) is 0 Å². The molecule has 2 saturated carbocycles. The van der Waals surface area contributed by atoms with E-state index in [0.29, 0.717) is 12.8 Å². The highest BCUT2D eigenvalue weighted by Crippen LogP contribution is 2.47. The number of hydrogen-bond acceptors (Lipinski definition) is 5. The molecule has 0 amide bonds. The monoisotopic (exact) mass is 1210 g/mol. The normalized spacial score (nSPS) is 17.6. The quantitative estimate of drug-likeness (QED) is 0.0417. The number of esters is 1. The Labute approximate surface area is 540 Å². The summed E-state index contributed by atoms with van der Waals surface area (Å²) >= 11 is 0. The van der Waals surface area contributed by atoms with Crippen LogP contribution in [0.5, 0.6) is 0 Å². The Bertz CT molecular complexity index is 1340. The molecule has 2 fully saturated rings. The number of aliphatic hydroxyl groups excluding tert-OH is 3. The molecule has 7 atom stereocenters. The molecule has 3 N–H and O–H groups in total. The van der Waals surface area contributed by atoms with Gasteiger partial charge in [-0.1, -0.05) is 431 Å². The van der Waals surface area contributed by atoms with E-state index in [1.54, 1.807) is 19.3 Å². The van der Waals surface area contributed by atoms with Gasteiger partial charge in [-0.25, -0.2) is 0 Å². The Morgan fingerprint density at radius 2 is 0.500 bits per heavy atom. The Morgan fingerprint density at radius 3 is 0.721 bits per heavy atom. The summed E-state index contributed by atoms with van der Waals surface area (Å²) < 4.78 is 5.36. The summed E-state index contributed by atoms with van der Waals surface area (Å²) in [4.78, 5) is 13.0. The Kier molecular flexibility index (Phi) is 61.0. The van der Waals surface area contributed by atoms with Crippen molar-refractivity contribution < 1.29 is 24.9 Å². The Hall–Kier alpha value is -0.650. The second kappa shape index (κ2) is 64.5. The van der Waals surface area contributed by atoms with Crippen molar-refractivity contribution in [3.63, 3.8) is 0 Å². The van der Waals surface area contributed by atoms with Crippen molar-refractivity contribution in [3.8, 4) is 0 Å². The van der Waals surface area contributed by atoms with Gasteiger partial charge in [0.05, 0.1) is 18.6 Å². The smallest absolute Gasteiger partial charge is 0.311 e. The van der Waals surface area contributed by atoms with Crippen LogP contribution in [-0.2, 0) is 9.53 Å². The maximum atomic E-state index is 13.0. The molecule has 0 aromatic heterocycles. The maximum Gasteiger partial charge on any atom is 0.311 e. The van der Waals surface area contributed by atoms with E-state index in [9.17, 15) is 20.1 Å². The van der Waals surface area contributed by atoms with Crippen LogP contribution in [0.4, 0.5) is 0 Å². The average molecular weight is 1210 g/mol. The molecule has 2 rings (SSSR count). The van der Waals surface area contributed by atoms with Gasteiger partial charge in [0.15, 0.2) is 0 Å². The summed E-state index contributed by atoms with van der Waals surface area (Å²) in [6, 6.07) is 0. The molecular formula is C81H158O5. The van der Waals surface area contributed by atoms with Gasteiger partial charge in [0.25, 0.3) is 0 Å². The van der Waals surface area contributed by atoms with Crippen LogP contribution < -0.4 is 0 Å². The van der Waals surface area contributed by atoms with E-state index in [1.165, 1.54) is 385 Å². The van der Waals surface area contributed by atoms with Gasteiger partial charge in [0.2, 0.25) is 0 Å². The van der Waals surface area contributed by atoms with Crippen LogP contribution in [0.1, 0.15) is 457 Å². The molecule has 7 unspecified atom stereocenters. The van der Waals surface area contributed by atoms with Gasteiger partial charge in [0.1, 0.15) is 12.7 Å². The lowest BCUT2D eigenvalue weighted by Gasteiger charge is -2.22. The minimum atomic E-state index is -1.07. The van der Waals surface area contributed by atoms with E-state index in [0.717, 1.165) is 49.4 Å². The standard InChI is InChI=1S/C81H158O5/c1-3-5-7-9-11-13-15-17-19-21-23-24-25-26-28-30-32-38-44-50-56-62-68-79(81(85)86-73-78(83)72-82)80(84)69-63-57-51-45-39-43-49-55-61-67-77-71-76(77)66-60-54-48-42-37-34-33-36-41-47-53-59-65-75-70-74(75)64-58-52-46-40-35-31-29-27-22-20-18-16-14-12-10-8-6-4-2/h74-80,82-84H,3-73H2,1-2H3. The fourth-order valence-corrected chi connectivity index (χ4v) is 14.9. The molecule has 0 aliphatic heterocycles. The molecule has 0 heterocycles. The van der Waals surface area contributed by atoms with Gasteiger partial charge in [-0.05, 0) is 49.4 Å². The van der Waals surface area contributed by atoms with E-state index in [4.69, 9.17) is 4.74 Å². The third-order valence-corrected chi connectivity index (χ3v) is 21.3. The van der Waals surface area contributed by atoms with Crippen molar-refractivity contribution in [1.82, 2.24) is 0 Å².